The summed E-state index contributed by atoms with van der Waals surface area (Å²) in [6.45, 7) is 1.04. The van der Waals surface area contributed by atoms with Crippen LogP contribution in [0.15, 0.2) is 36.5 Å². The minimum Gasteiger partial charge on any atom is -0.325 e. The van der Waals surface area contributed by atoms with Gasteiger partial charge in [0.05, 0.1) is 11.9 Å². The SMILES string of the molecule is c1ccc(-c2cn3c(n2)CCCN3)cc1. The Morgan fingerprint density at radius 1 is 1.20 bits per heavy atom. The molecule has 76 valence electrons. The van der Waals surface area contributed by atoms with Crippen molar-refractivity contribution < 1.29 is 0 Å². The fourth-order valence-corrected chi connectivity index (χ4v) is 1.93. The predicted molar refractivity (Wildman–Crippen MR) is 60.2 cm³/mol. The van der Waals surface area contributed by atoms with Crippen molar-refractivity contribution in [1.82, 2.24) is 9.66 Å². The van der Waals surface area contributed by atoms with E-state index in [0.717, 1.165) is 24.5 Å². The first-order valence-corrected chi connectivity index (χ1v) is 5.31. The third kappa shape index (κ3) is 1.50. The lowest BCUT2D eigenvalue weighted by Crippen LogP contribution is -2.23. The standard InChI is InChI=1S/C12H13N3/c1-2-5-10(6-3-1)11-9-15-12(14-11)7-4-8-13-15/h1-3,5-6,9,13H,4,7-8H2. The number of rotatable bonds is 1. The number of fused-ring (bicyclic) bond motifs is 1. The van der Waals surface area contributed by atoms with Gasteiger partial charge in [-0.2, -0.15) is 0 Å². The summed E-state index contributed by atoms with van der Waals surface area (Å²) in [5.74, 6) is 1.14. The summed E-state index contributed by atoms with van der Waals surface area (Å²) in [7, 11) is 0. The molecular weight excluding hydrogens is 186 g/mol. The highest BCUT2D eigenvalue weighted by atomic mass is 15.4. The molecule has 0 saturated carbocycles. The van der Waals surface area contributed by atoms with Gasteiger partial charge in [-0.25, -0.2) is 4.98 Å². The molecule has 1 aliphatic heterocycles. The Bertz CT molecular complexity index is 435. The van der Waals surface area contributed by atoms with Crippen molar-refractivity contribution >= 4 is 0 Å². The third-order valence-electron chi connectivity index (χ3n) is 2.71. The van der Waals surface area contributed by atoms with Crippen LogP contribution in [0.2, 0.25) is 0 Å². The molecule has 3 heteroatoms. The Morgan fingerprint density at radius 2 is 2.07 bits per heavy atom. The number of hydrogen-bond donors (Lipinski definition) is 1. The van der Waals surface area contributed by atoms with E-state index in [0.29, 0.717) is 0 Å². The van der Waals surface area contributed by atoms with Crippen molar-refractivity contribution in [2.75, 3.05) is 12.0 Å². The van der Waals surface area contributed by atoms with Crippen molar-refractivity contribution in [3.8, 4) is 11.3 Å². The smallest absolute Gasteiger partial charge is 0.128 e. The van der Waals surface area contributed by atoms with Crippen LogP contribution >= 0.6 is 0 Å². The third-order valence-corrected chi connectivity index (χ3v) is 2.71. The van der Waals surface area contributed by atoms with Gasteiger partial charge in [-0.3, -0.25) is 4.68 Å². The Kier molecular flexibility index (Phi) is 1.95. The van der Waals surface area contributed by atoms with Crippen molar-refractivity contribution in [2.24, 2.45) is 0 Å². The second-order valence-corrected chi connectivity index (χ2v) is 3.79. The van der Waals surface area contributed by atoms with E-state index in [-0.39, 0.29) is 0 Å². The van der Waals surface area contributed by atoms with E-state index < -0.39 is 0 Å². The van der Waals surface area contributed by atoms with Crippen LogP contribution in [0.4, 0.5) is 0 Å². The lowest BCUT2D eigenvalue weighted by Gasteiger charge is -2.14. The van der Waals surface area contributed by atoms with E-state index >= 15 is 0 Å². The highest BCUT2D eigenvalue weighted by Crippen LogP contribution is 2.19. The molecule has 0 unspecified atom stereocenters. The Balaban J connectivity index is 2.03. The molecule has 1 aliphatic rings. The van der Waals surface area contributed by atoms with E-state index in [2.05, 4.69) is 28.7 Å². The molecule has 0 saturated heterocycles. The Labute approximate surface area is 88.7 Å². The number of imidazole rings is 1. The van der Waals surface area contributed by atoms with Gasteiger partial charge >= 0.3 is 0 Å². The highest BCUT2D eigenvalue weighted by molar-refractivity contribution is 5.58. The van der Waals surface area contributed by atoms with Crippen LogP contribution in [0.1, 0.15) is 12.2 Å². The number of hydrogen-bond acceptors (Lipinski definition) is 2. The fourth-order valence-electron chi connectivity index (χ4n) is 1.93. The molecule has 1 aromatic carbocycles. The van der Waals surface area contributed by atoms with Crippen molar-refractivity contribution in [3.05, 3.63) is 42.4 Å². The van der Waals surface area contributed by atoms with E-state index in [9.17, 15) is 0 Å². The quantitative estimate of drug-likeness (QED) is 0.761. The van der Waals surface area contributed by atoms with Gasteiger partial charge in [-0.15, -0.1) is 0 Å². The molecule has 2 heterocycles. The molecule has 3 rings (SSSR count). The topological polar surface area (TPSA) is 29.9 Å². The molecule has 0 fully saturated rings. The molecule has 3 nitrogen and oxygen atoms in total. The van der Waals surface area contributed by atoms with Gasteiger partial charge in [0, 0.05) is 18.5 Å². The number of benzene rings is 1. The fraction of sp³-hybridized carbons (Fsp3) is 0.250. The zero-order valence-electron chi connectivity index (χ0n) is 8.48. The van der Waals surface area contributed by atoms with Crippen LogP contribution < -0.4 is 5.43 Å². The summed E-state index contributed by atoms with van der Waals surface area (Å²) >= 11 is 0. The zero-order chi connectivity index (χ0) is 10.1. The highest BCUT2D eigenvalue weighted by Gasteiger charge is 2.12. The van der Waals surface area contributed by atoms with E-state index in [4.69, 9.17) is 0 Å². The number of aryl methyl sites for hydroxylation is 1. The van der Waals surface area contributed by atoms with Crippen LogP contribution in [0.25, 0.3) is 11.3 Å². The van der Waals surface area contributed by atoms with Crippen molar-refractivity contribution in [2.45, 2.75) is 12.8 Å². The number of nitrogens with zero attached hydrogens (tertiary/aromatic N) is 2. The predicted octanol–water partition coefficient (Wildman–Crippen LogP) is 2.04. The van der Waals surface area contributed by atoms with Crippen LogP contribution in [0, 0.1) is 0 Å². The minimum absolute atomic E-state index is 1.04. The maximum Gasteiger partial charge on any atom is 0.128 e. The molecule has 0 aliphatic carbocycles. The van der Waals surface area contributed by atoms with Gasteiger partial charge in [0.1, 0.15) is 5.82 Å². The summed E-state index contributed by atoms with van der Waals surface area (Å²) in [6.07, 6.45) is 4.31. The van der Waals surface area contributed by atoms with Gasteiger partial charge < -0.3 is 5.43 Å². The zero-order valence-corrected chi connectivity index (χ0v) is 8.48. The molecular formula is C12H13N3. The van der Waals surface area contributed by atoms with E-state index in [1.165, 1.54) is 12.0 Å². The molecule has 0 bridgehead atoms. The average Bonchev–Trinajstić information content (AvgIpc) is 2.74. The van der Waals surface area contributed by atoms with E-state index in [1.807, 2.05) is 22.9 Å². The maximum absolute atomic E-state index is 4.62. The lowest BCUT2D eigenvalue weighted by atomic mass is 10.2. The summed E-state index contributed by atoms with van der Waals surface area (Å²) in [5, 5.41) is 0. The molecule has 0 atom stereocenters. The maximum atomic E-state index is 4.62. The lowest BCUT2D eigenvalue weighted by molar-refractivity contribution is 0.648. The van der Waals surface area contributed by atoms with Crippen LogP contribution in [0.5, 0.6) is 0 Å². The molecule has 0 amide bonds. The van der Waals surface area contributed by atoms with Crippen molar-refractivity contribution in [3.63, 3.8) is 0 Å². The minimum atomic E-state index is 1.04. The molecule has 1 aromatic heterocycles. The van der Waals surface area contributed by atoms with Crippen LogP contribution in [-0.2, 0) is 6.42 Å². The van der Waals surface area contributed by atoms with Crippen molar-refractivity contribution in [1.29, 1.82) is 0 Å². The molecule has 0 spiro atoms. The molecule has 2 aromatic rings. The first kappa shape index (κ1) is 8.53. The number of aromatic nitrogens is 2. The molecule has 15 heavy (non-hydrogen) atoms. The van der Waals surface area contributed by atoms with Crippen LogP contribution in [0.3, 0.4) is 0 Å². The van der Waals surface area contributed by atoms with Gasteiger partial charge in [-0.05, 0) is 6.42 Å². The monoisotopic (exact) mass is 199 g/mol. The number of nitrogens with one attached hydrogen (secondary N) is 1. The van der Waals surface area contributed by atoms with Crippen LogP contribution in [-0.4, -0.2) is 16.2 Å². The average molecular weight is 199 g/mol. The second-order valence-electron chi connectivity index (χ2n) is 3.79. The normalized spacial score (nSPS) is 14.4. The largest absolute Gasteiger partial charge is 0.325 e. The van der Waals surface area contributed by atoms with Gasteiger partial charge in [0.2, 0.25) is 0 Å². The summed E-state index contributed by atoms with van der Waals surface area (Å²) in [6, 6.07) is 10.3. The Morgan fingerprint density at radius 3 is 2.87 bits per heavy atom. The summed E-state index contributed by atoms with van der Waals surface area (Å²) in [4.78, 5) is 4.62. The van der Waals surface area contributed by atoms with Gasteiger partial charge in [0.15, 0.2) is 0 Å². The van der Waals surface area contributed by atoms with Gasteiger partial charge in [0.25, 0.3) is 0 Å². The summed E-state index contributed by atoms with van der Waals surface area (Å²) < 4.78 is 2.05. The molecule has 0 radical (unpaired) electrons. The first-order valence-electron chi connectivity index (χ1n) is 5.31. The molecule has 1 N–H and O–H groups in total. The first-order chi connectivity index (χ1) is 7.43. The van der Waals surface area contributed by atoms with Gasteiger partial charge in [-0.1, -0.05) is 30.3 Å². The summed E-state index contributed by atoms with van der Waals surface area (Å²) in [5.41, 5.74) is 5.54. The van der Waals surface area contributed by atoms with E-state index in [1.54, 1.807) is 0 Å². The second kappa shape index (κ2) is 3.42. The Hall–Kier alpha value is -1.77.